The van der Waals surface area contributed by atoms with Crippen LogP contribution in [-0.4, -0.2) is 27.7 Å². The molecular formula is C21H24N4O2. The fourth-order valence-electron chi connectivity index (χ4n) is 2.89. The molecule has 0 unspecified atom stereocenters. The average molecular weight is 364 g/mol. The minimum atomic E-state index is -0.297. The van der Waals surface area contributed by atoms with Crippen molar-refractivity contribution in [3.05, 3.63) is 71.3 Å². The molecule has 3 aromatic rings. The Labute approximate surface area is 158 Å². The number of nitrogens with one attached hydrogen (secondary N) is 2. The first kappa shape index (κ1) is 18.6. The van der Waals surface area contributed by atoms with E-state index in [2.05, 4.69) is 22.5 Å². The number of aryl methyl sites for hydroxylation is 1. The van der Waals surface area contributed by atoms with Gasteiger partial charge in [0.1, 0.15) is 0 Å². The van der Waals surface area contributed by atoms with Crippen LogP contribution in [0.5, 0.6) is 0 Å². The highest BCUT2D eigenvalue weighted by atomic mass is 16.2. The summed E-state index contributed by atoms with van der Waals surface area (Å²) < 4.78 is 1.66. The minimum Gasteiger partial charge on any atom is -0.349 e. The van der Waals surface area contributed by atoms with Crippen LogP contribution in [0.15, 0.2) is 48.7 Å². The number of fused-ring (bicyclic) bond motifs is 1. The molecule has 0 fully saturated rings. The van der Waals surface area contributed by atoms with Crippen molar-refractivity contribution in [3.8, 4) is 0 Å². The topological polar surface area (TPSA) is 75.5 Å². The lowest BCUT2D eigenvalue weighted by Gasteiger charge is -2.06. The zero-order valence-corrected chi connectivity index (χ0v) is 15.7. The SMILES string of the molecule is CCCCNC(=O)c1nc(C(=O)NCc2ccccc2C)c2ccccn12. The van der Waals surface area contributed by atoms with E-state index in [1.54, 1.807) is 16.7 Å². The molecule has 2 amide bonds. The zero-order chi connectivity index (χ0) is 19.2. The van der Waals surface area contributed by atoms with Crippen molar-refractivity contribution in [3.63, 3.8) is 0 Å². The molecular weight excluding hydrogens is 340 g/mol. The number of benzene rings is 1. The third kappa shape index (κ3) is 4.16. The van der Waals surface area contributed by atoms with E-state index in [0.29, 0.717) is 18.6 Å². The Hall–Kier alpha value is -3.15. The molecule has 0 bridgehead atoms. The monoisotopic (exact) mass is 364 g/mol. The molecule has 3 rings (SSSR count). The first-order valence-corrected chi connectivity index (χ1v) is 9.19. The highest BCUT2D eigenvalue weighted by Crippen LogP contribution is 2.14. The van der Waals surface area contributed by atoms with Crippen LogP contribution in [0.25, 0.3) is 5.52 Å². The number of imidazole rings is 1. The summed E-state index contributed by atoms with van der Waals surface area (Å²) in [5, 5.41) is 5.76. The summed E-state index contributed by atoms with van der Waals surface area (Å²) >= 11 is 0. The van der Waals surface area contributed by atoms with Crippen LogP contribution < -0.4 is 10.6 Å². The Morgan fingerprint density at radius 1 is 1.04 bits per heavy atom. The van der Waals surface area contributed by atoms with Gasteiger partial charge in [-0.1, -0.05) is 43.7 Å². The fourth-order valence-corrected chi connectivity index (χ4v) is 2.89. The summed E-state index contributed by atoms with van der Waals surface area (Å²) in [7, 11) is 0. The summed E-state index contributed by atoms with van der Waals surface area (Å²) in [6.07, 6.45) is 3.64. The third-order valence-electron chi connectivity index (χ3n) is 4.48. The number of carbonyl (C=O) groups excluding carboxylic acids is 2. The second-order valence-electron chi connectivity index (χ2n) is 6.46. The maximum atomic E-state index is 12.7. The van der Waals surface area contributed by atoms with E-state index in [9.17, 15) is 9.59 Å². The van der Waals surface area contributed by atoms with Gasteiger partial charge in [0.25, 0.3) is 11.8 Å². The van der Waals surface area contributed by atoms with Gasteiger partial charge >= 0.3 is 0 Å². The summed E-state index contributed by atoms with van der Waals surface area (Å²) in [5.74, 6) is -0.347. The molecule has 0 atom stereocenters. The zero-order valence-electron chi connectivity index (χ0n) is 15.7. The number of hydrogen-bond acceptors (Lipinski definition) is 3. The van der Waals surface area contributed by atoms with Crippen molar-refractivity contribution in [1.82, 2.24) is 20.0 Å². The van der Waals surface area contributed by atoms with E-state index in [0.717, 1.165) is 24.0 Å². The van der Waals surface area contributed by atoms with Gasteiger partial charge in [0, 0.05) is 19.3 Å². The van der Waals surface area contributed by atoms with Crippen LogP contribution in [0, 0.1) is 6.92 Å². The van der Waals surface area contributed by atoms with Gasteiger partial charge < -0.3 is 10.6 Å². The number of unbranched alkanes of at least 4 members (excludes halogenated alkanes) is 1. The van der Waals surface area contributed by atoms with Crippen LogP contribution in [0.1, 0.15) is 52.0 Å². The summed E-state index contributed by atoms with van der Waals surface area (Å²) in [6.45, 7) is 5.07. The fraction of sp³-hybridized carbons (Fsp3) is 0.286. The van der Waals surface area contributed by atoms with E-state index in [4.69, 9.17) is 0 Å². The van der Waals surface area contributed by atoms with E-state index in [1.807, 2.05) is 43.3 Å². The van der Waals surface area contributed by atoms with Crippen molar-refractivity contribution in [1.29, 1.82) is 0 Å². The van der Waals surface area contributed by atoms with Crippen molar-refractivity contribution >= 4 is 17.3 Å². The average Bonchev–Trinajstić information content (AvgIpc) is 3.07. The molecule has 6 heteroatoms. The second kappa shape index (κ2) is 8.49. The van der Waals surface area contributed by atoms with Gasteiger partial charge in [-0.3, -0.25) is 14.0 Å². The van der Waals surface area contributed by atoms with Gasteiger partial charge in [-0.2, -0.15) is 0 Å². The number of pyridine rings is 1. The molecule has 0 aliphatic rings. The molecule has 27 heavy (non-hydrogen) atoms. The maximum absolute atomic E-state index is 12.7. The number of rotatable bonds is 7. The molecule has 0 saturated carbocycles. The van der Waals surface area contributed by atoms with Crippen LogP contribution in [0.3, 0.4) is 0 Å². The number of aromatic nitrogens is 2. The Morgan fingerprint density at radius 2 is 1.81 bits per heavy atom. The van der Waals surface area contributed by atoms with Gasteiger partial charge in [-0.05, 0) is 36.6 Å². The largest absolute Gasteiger partial charge is 0.349 e. The molecule has 0 aliphatic heterocycles. The van der Waals surface area contributed by atoms with Crippen LogP contribution >= 0.6 is 0 Å². The lowest BCUT2D eigenvalue weighted by molar-refractivity contribution is 0.0942. The van der Waals surface area contributed by atoms with Gasteiger partial charge in [-0.25, -0.2) is 4.98 Å². The molecule has 0 spiro atoms. The van der Waals surface area contributed by atoms with E-state index < -0.39 is 0 Å². The molecule has 2 N–H and O–H groups in total. The first-order chi connectivity index (χ1) is 13.1. The van der Waals surface area contributed by atoms with E-state index in [-0.39, 0.29) is 23.3 Å². The van der Waals surface area contributed by atoms with Crippen molar-refractivity contribution < 1.29 is 9.59 Å². The summed E-state index contributed by atoms with van der Waals surface area (Å²) in [6, 6.07) is 13.3. The number of hydrogen-bond donors (Lipinski definition) is 2. The maximum Gasteiger partial charge on any atom is 0.287 e. The smallest absolute Gasteiger partial charge is 0.287 e. The predicted octanol–water partition coefficient (Wildman–Crippen LogP) is 3.10. The molecule has 2 aromatic heterocycles. The van der Waals surface area contributed by atoms with Crippen molar-refractivity contribution in [2.75, 3.05) is 6.54 Å². The molecule has 140 valence electrons. The number of amides is 2. The summed E-state index contributed by atoms with van der Waals surface area (Å²) in [5.41, 5.74) is 3.03. The number of nitrogens with zero attached hydrogens (tertiary/aromatic N) is 2. The van der Waals surface area contributed by atoms with E-state index >= 15 is 0 Å². The third-order valence-corrected chi connectivity index (χ3v) is 4.48. The lowest BCUT2D eigenvalue weighted by atomic mass is 10.1. The number of carbonyl (C=O) groups is 2. The molecule has 0 aliphatic carbocycles. The molecule has 1 aromatic carbocycles. The van der Waals surface area contributed by atoms with Gasteiger partial charge in [0.05, 0.1) is 5.52 Å². The quantitative estimate of drug-likeness (QED) is 0.633. The molecule has 0 radical (unpaired) electrons. The molecule has 6 nitrogen and oxygen atoms in total. The predicted molar refractivity (Wildman–Crippen MR) is 105 cm³/mol. The van der Waals surface area contributed by atoms with Crippen LogP contribution in [-0.2, 0) is 6.54 Å². The van der Waals surface area contributed by atoms with Gasteiger partial charge in [0.2, 0.25) is 5.82 Å². The molecule has 2 heterocycles. The normalized spacial score (nSPS) is 10.7. The van der Waals surface area contributed by atoms with E-state index in [1.165, 1.54) is 0 Å². The highest BCUT2D eigenvalue weighted by Gasteiger charge is 2.21. The van der Waals surface area contributed by atoms with Crippen molar-refractivity contribution in [2.24, 2.45) is 0 Å². The standard InChI is InChI=1S/C21H24N4O2/c1-3-4-12-22-21(27)19-24-18(17-11-7-8-13-25(17)19)20(26)23-14-16-10-6-5-9-15(16)2/h5-11,13H,3-4,12,14H2,1-2H3,(H,22,27)(H,23,26). The Bertz CT molecular complexity index is 962. The Balaban J connectivity index is 1.82. The second-order valence-corrected chi connectivity index (χ2v) is 6.46. The minimum absolute atomic E-state index is 0.225. The Morgan fingerprint density at radius 3 is 2.59 bits per heavy atom. The van der Waals surface area contributed by atoms with Crippen LogP contribution in [0.2, 0.25) is 0 Å². The van der Waals surface area contributed by atoms with Crippen LogP contribution in [0.4, 0.5) is 0 Å². The highest BCUT2D eigenvalue weighted by molar-refractivity contribution is 6.02. The van der Waals surface area contributed by atoms with Crippen molar-refractivity contribution in [2.45, 2.75) is 33.2 Å². The lowest BCUT2D eigenvalue weighted by Crippen LogP contribution is -2.27. The molecule has 0 saturated heterocycles. The van der Waals surface area contributed by atoms with Gasteiger partial charge in [-0.15, -0.1) is 0 Å². The first-order valence-electron chi connectivity index (χ1n) is 9.19. The van der Waals surface area contributed by atoms with Gasteiger partial charge in [0.15, 0.2) is 5.69 Å². The summed E-state index contributed by atoms with van der Waals surface area (Å²) in [4.78, 5) is 29.5. The Kier molecular flexibility index (Phi) is 5.86.